The zero-order chi connectivity index (χ0) is 24.1. The Balaban J connectivity index is 1.85. The van der Waals surface area contributed by atoms with Gasteiger partial charge in [-0.25, -0.2) is 0 Å². The van der Waals surface area contributed by atoms with Gasteiger partial charge in [-0.1, -0.05) is 48.0 Å². The highest BCUT2D eigenvalue weighted by molar-refractivity contribution is 6.13. The predicted molar refractivity (Wildman–Crippen MR) is 133 cm³/mol. The molecule has 0 amide bonds. The van der Waals surface area contributed by atoms with Crippen LogP contribution in [0.5, 0.6) is 0 Å². The molecule has 0 aliphatic carbocycles. The number of benzene rings is 3. The smallest absolute Gasteiger partial charge is 0.204 e. The number of carbonyl (C=O) groups is 2. The van der Waals surface area contributed by atoms with Crippen LogP contribution in [-0.2, 0) is 0 Å². The third kappa shape index (κ3) is 3.28. The fourth-order valence-electron chi connectivity index (χ4n) is 4.68. The minimum absolute atomic E-state index is 0.0232. The van der Waals surface area contributed by atoms with Gasteiger partial charge in [-0.3, -0.25) is 14.4 Å². The molecule has 34 heavy (non-hydrogen) atoms. The third-order valence-electron chi connectivity index (χ3n) is 6.30. The molecule has 0 N–H and O–H groups in total. The van der Waals surface area contributed by atoms with Gasteiger partial charge in [0.15, 0.2) is 11.6 Å². The Kier molecular flexibility index (Phi) is 5.05. The number of nitrogens with zero attached hydrogens (tertiary/aromatic N) is 1. The molecule has 168 valence electrons. The molecule has 0 radical (unpaired) electrons. The monoisotopic (exact) mass is 449 g/mol. The van der Waals surface area contributed by atoms with Gasteiger partial charge in [0.25, 0.3) is 0 Å². The number of Topliss-reactive ketones (excluding diaryl/α,β-unsaturated/α-hetero) is 1. The molecule has 0 aliphatic heterocycles. The van der Waals surface area contributed by atoms with E-state index in [2.05, 4.69) is 0 Å². The molecule has 0 unspecified atom stereocenters. The summed E-state index contributed by atoms with van der Waals surface area (Å²) in [5.74, 6) is -0.184. The number of aromatic nitrogens is 1. The highest BCUT2D eigenvalue weighted by Gasteiger charge is 2.24. The molecule has 0 saturated carbocycles. The lowest BCUT2D eigenvalue weighted by atomic mass is 10.00. The van der Waals surface area contributed by atoms with E-state index < -0.39 is 0 Å². The Morgan fingerprint density at radius 1 is 0.824 bits per heavy atom. The summed E-state index contributed by atoms with van der Waals surface area (Å²) < 4.78 is 7.96. The van der Waals surface area contributed by atoms with Crippen LogP contribution in [0, 0.1) is 20.8 Å². The fourth-order valence-corrected chi connectivity index (χ4v) is 4.68. The quantitative estimate of drug-likeness (QED) is 0.311. The third-order valence-corrected chi connectivity index (χ3v) is 6.30. The summed E-state index contributed by atoms with van der Waals surface area (Å²) in [6, 6.07) is 20.1. The zero-order valence-electron chi connectivity index (χ0n) is 19.4. The molecule has 0 aliphatic rings. The van der Waals surface area contributed by atoms with E-state index in [0.717, 1.165) is 16.9 Å². The zero-order valence-corrected chi connectivity index (χ0v) is 19.4. The Labute approximate surface area is 196 Å². The van der Waals surface area contributed by atoms with E-state index in [9.17, 15) is 14.4 Å². The highest BCUT2D eigenvalue weighted by Crippen LogP contribution is 2.33. The maximum absolute atomic E-state index is 13.6. The van der Waals surface area contributed by atoms with Crippen LogP contribution in [-0.4, -0.2) is 16.1 Å². The first-order chi connectivity index (χ1) is 16.3. The van der Waals surface area contributed by atoms with Crippen LogP contribution in [0.2, 0.25) is 0 Å². The normalized spacial score (nSPS) is 11.3. The van der Waals surface area contributed by atoms with Crippen molar-refractivity contribution in [3.05, 3.63) is 111 Å². The highest BCUT2D eigenvalue weighted by atomic mass is 16.3. The van der Waals surface area contributed by atoms with Crippen molar-refractivity contribution in [3.63, 3.8) is 0 Å². The van der Waals surface area contributed by atoms with Crippen LogP contribution >= 0.6 is 0 Å². The van der Waals surface area contributed by atoms with Crippen molar-refractivity contribution in [3.8, 4) is 5.69 Å². The van der Waals surface area contributed by atoms with Gasteiger partial charge in [0.1, 0.15) is 16.9 Å². The van der Waals surface area contributed by atoms with E-state index >= 15 is 0 Å². The van der Waals surface area contributed by atoms with Crippen molar-refractivity contribution in [1.82, 2.24) is 4.57 Å². The van der Waals surface area contributed by atoms with E-state index in [1.165, 1.54) is 6.92 Å². The lowest BCUT2D eigenvalue weighted by Crippen LogP contribution is -2.18. The van der Waals surface area contributed by atoms with Gasteiger partial charge in [-0.05, 0) is 52.0 Å². The van der Waals surface area contributed by atoms with Gasteiger partial charge < -0.3 is 8.98 Å². The Morgan fingerprint density at radius 2 is 1.50 bits per heavy atom. The lowest BCUT2D eigenvalue weighted by Gasteiger charge is -2.10. The number of hydrogen-bond acceptors (Lipinski definition) is 4. The molecule has 3 aromatic carbocycles. The maximum atomic E-state index is 13.6. The number of hydrogen-bond donors (Lipinski definition) is 0. The molecule has 0 atom stereocenters. The summed E-state index contributed by atoms with van der Waals surface area (Å²) in [7, 11) is 0. The molecule has 2 heterocycles. The van der Waals surface area contributed by atoms with E-state index in [1.807, 2.05) is 48.7 Å². The van der Waals surface area contributed by atoms with Gasteiger partial charge in [-0.2, -0.15) is 0 Å². The van der Waals surface area contributed by atoms with Crippen LogP contribution < -0.4 is 5.43 Å². The summed E-state index contributed by atoms with van der Waals surface area (Å²) in [5.41, 5.74) is 4.51. The van der Waals surface area contributed by atoms with Crippen molar-refractivity contribution in [2.24, 2.45) is 0 Å². The second-order valence-corrected chi connectivity index (χ2v) is 8.61. The van der Waals surface area contributed by atoms with Crippen molar-refractivity contribution in [2.45, 2.75) is 27.7 Å². The summed E-state index contributed by atoms with van der Waals surface area (Å²) in [4.78, 5) is 39.3. The van der Waals surface area contributed by atoms with Crippen LogP contribution in [0.1, 0.15) is 50.2 Å². The largest absolute Gasteiger partial charge is 0.460 e. The minimum atomic E-state index is -0.381. The van der Waals surface area contributed by atoms with E-state index in [0.29, 0.717) is 33.0 Å². The van der Waals surface area contributed by atoms with E-state index in [4.69, 9.17) is 4.42 Å². The number of aryl methyl sites for hydroxylation is 2. The molecule has 0 spiro atoms. The van der Waals surface area contributed by atoms with Crippen LogP contribution in [0.3, 0.4) is 0 Å². The van der Waals surface area contributed by atoms with Crippen LogP contribution in [0.4, 0.5) is 0 Å². The van der Waals surface area contributed by atoms with Crippen LogP contribution in [0.25, 0.3) is 27.6 Å². The minimum Gasteiger partial charge on any atom is -0.460 e. The second kappa shape index (κ2) is 7.96. The van der Waals surface area contributed by atoms with Gasteiger partial charge in [0.2, 0.25) is 5.43 Å². The second-order valence-electron chi connectivity index (χ2n) is 8.61. The molecule has 5 nitrogen and oxygen atoms in total. The van der Waals surface area contributed by atoms with Gasteiger partial charge >= 0.3 is 0 Å². The van der Waals surface area contributed by atoms with Crippen molar-refractivity contribution in [1.29, 1.82) is 0 Å². The summed E-state index contributed by atoms with van der Waals surface area (Å²) in [6.07, 6.45) is 0. The van der Waals surface area contributed by atoms with E-state index in [-0.39, 0.29) is 28.3 Å². The van der Waals surface area contributed by atoms with Crippen molar-refractivity contribution < 1.29 is 14.0 Å². The number of ketones is 2. The Morgan fingerprint density at radius 3 is 2.15 bits per heavy atom. The summed E-state index contributed by atoms with van der Waals surface area (Å²) in [6.45, 7) is 7.06. The molecule has 0 fully saturated rings. The lowest BCUT2D eigenvalue weighted by molar-refractivity contribution is 0.101. The number of carbonyl (C=O) groups excluding carboxylic acids is 2. The average Bonchev–Trinajstić information content (AvgIpc) is 3.10. The Bertz CT molecular complexity index is 1670. The first kappa shape index (κ1) is 21.6. The summed E-state index contributed by atoms with van der Waals surface area (Å²) in [5, 5.41) is 1.01. The van der Waals surface area contributed by atoms with Gasteiger partial charge in [0, 0.05) is 27.9 Å². The topological polar surface area (TPSA) is 69.3 Å². The van der Waals surface area contributed by atoms with E-state index in [1.54, 1.807) is 43.3 Å². The van der Waals surface area contributed by atoms with Gasteiger partial charge in [-0.15, -0.1) is 0 Å². The molecule has 0 bridgehead atoms. The fraction of sp³-hybridized carbons (Fsp3) is 0.138. The SMILES string of the molecule is CC(=O)c1c(C)n(-c2ccc(C)cc2)c2cc3c(=O)c(C(=O)c4ccccc4)c(C)oc3cc12. The van der Waals surface area contributed by atoms with Gasteiger partial charge in [0.05, 0.1) is 10.9 Å². The maximum Gasteiger partial charge on any atom is 0.204 e. The molecule has 0 saturated heterocycles. The summed E-state index contributed by atoms with van der Waals surface area (Å²) >= 11 is 0. The Hall–Kier alpha value is -4.25. The molecular formula is C29H23NO4. The molecule has 5 rings (SSSR count). The average molecular weight is 450 g/mol. The molecule has 5 heteroatoms. The molecule has 2 aromatic heterocycles. The number of fused-ring (bicyclic) bond motifs is 2. The predicted octanol–water partition coefficient (Wildman–Crippen LogP) is 6.10. The first-order valence-corrected chi connectivity index (χ1v) is 11.1. The van der Waals surface area contributed by atoms with Crippen LogP contribution in [0.15, 0.2) is 75.9 Å². The van der Waals surface area contributed by atoms with Crippen molar-refractivity contribution in [2.75, 3.05) is 0 Å². The van der Waals surface area contributed by atoms with Crippen molar-refractivity contribution >= 4 is 33.4 Å². The first-order valence-electron chi connectivity index (χ1n) is 11.1. The standard InChI is InChI=1S/C29H23NO4/c1-16-10-12-21(13-11-16)30-17(2)26(18(3)31)22-15-25-23(14-24(22)30)29(33)27(19(4)34-25)28(32)20-8-6-5-7-9-20/h5-15H,1-4H3. The number of rotatable bonds is 4. The molecule has 5 aromatic rings. The molecular weight excluding hydrogens is 426 g/mol.